The maximum atomic E-state index is 2.38. The van der Waals surface area contributed by atoms with Gasteiger partial charge in [-0.05, 0) is 57.5 Å². The van der Waals surface area contributed by atoms with Crippen molar-refractivity contribution >= 4 is 21.9 Å². The van der Waals surface area contributed by atoms with Crippen LogP contribution in [-0.4, -0.2) is 0 Å². The summed E-state index contributed by atoms with van der Waals surface area (Å²) in [5.74, 6) is 0. The minimum absolute atomic E-state index is 1.13. The van der Waals surface area contributed by atoms with Crippen molar-refractivity contribution in [3.05, 3.63) is 89.3 Å². The Morgan fingerprint density at radius 2 is 1.61 bits per heavy atom. The van der Waals surface area contributed by atoms with E-state index in [4.69, 9.17) is 0 Å². The lowest BCUT2D eigenvalue weighted by molar-refractivity contribution is 0.975. The summed E-state index contributed by atoms with van der Waals surface area (Å²) in [6.07, 6.45) is 4.69. The normalized spacial score (nSPS) is 13.7. The standard InChI is InChI=1S/C23H21/c1-3-8-21-22(15-18-12-6-9-16(2)23(18)21)20-14-7-11-17-10-4-5-13-19(17)20/h4-7,9-15H,3,8H2,1-2H3. The second-order valence-corrected chi connectivity index (χ2v) is 6.35. The van der Waals surface area contributed by atoms with Crippen molar-refractivity contribution in [2.75, 3.05) is 0 Å². The molecule has 1 radical (unpaired) electrons. The van der Waals surface area contributed by atoms with Crippen LogP contribution in [0.3, 0.4) is 0 Å². The summed E-state index contributed by atoms with van der Waals surface area (Å²) in [4.78, 5) is 0. The molecule has 0 saturated carbocycles. The second-order valence-electron chi connectivity index (χ2n) is 6.35. The highest BCUT2D eigenvalue weighted by molar-refractivity contribution is 6.08. The van der Waals surface area contributed by atoms with E-state index in [0.717, 1.165) is 6.42 Å². The molecule has 0 nitrogen and oxygen atoms in total. The van der Waals surface area contributed by atoms with Crippen molar-refractivity contribution in [1.29, 1.82) is 0 Å². The summed E-state index contributed by atoms with van der Waals surface area (Å²) in [6.45, 7) is 4.50. The van der Waals surface area contributed by atoms with E-state index in [1.54, 1.807) is 0 Å². The van der Waals surface area contributed by atoms with Crippen LogP contribution in [0.2, 0.25) is 0 Å². The molecule has 4 rings (SSSR count). The van der Waals surface area contributed by atoms with E-state index in [1.165, 1.54) is 50.6 Å². The number of fused-ring (bicyclic) bond motifs is 2. The lowest BCUT2D eigenvalue weighted by Crippen LogP contribution is -1.90. The van der Waals surface area contributed by atoms with E-state index in [2.05, 4.69) is 80.9 Å². The van der Waals surface area contributed by atoms with Gasteiger partial charge in [0.15, 0.2) is 0 Å². The zero-order valence-corrected chi connectivity index (χ0v) is 13.8. The van der Waals surface area contributed by atoms with Crippen LogP contribution in [0, 0.1) is 13.3 Å². The number of aryl methyl sites for hydroxylation is 1. The molecule has 3 aromatic rings. The molecule has 0 bridgehead atoms. The summed E-state index contributed by atoms with van der Waals surface area (Å²) in [5, 5.41) is 2.66. The van der Waals surface area contributed by atoms with Crippen molar-refractivity contribution in [3.63, 3.8) is 0 Å². The highest BCUT2D eigenvalue weighted by Crippen LogP contribution is 2.44. The summed E-state index contributed by atoms with van der Waals surface area (Å²) >= 11 is 0. The SMILES string of the molecule is CCCC1=C(c2cccc3ccccc23)[CH]c2cccc(C)c21. The third-order valence-electron chi connectivity index (χ3n) is 4.81. The van der Waals surface area contributed by atoms with Gasteiger partial charge in [0.05, 0.1) is 0 Å². The summed E-state index contributed by atoms with van der Waals surface area (Å²) < 4.78 is 0. The zero-order chi connectivity index (χ0) is 15.8. The molecule has 0 heteroatoms. The molecule has 1 aliphatic carbocycles. The Balaban J connectivity index is 1.98. The van der Waals surface area contributed by atoms with Crippen LogP contribution < -0.4 is 0 Å². The van der Waals surface area contributed by atoms with Crippen LogP contribution in [0.25, 0.3) is 21.9 Å². The minimum Gasteiger partial charge on any atom is -0.0651 e. The first-order valence-corrected chi connectivity index (χ1v) is 8.45. The lowest BCUT2D eigenvalue weighted by Gasteiger charge is -2.12. The molecule has 1 aliphatic rings. The van der Waals surface area contributed by atoms with Gasteiger partial charge in [0.2, 0.25) is 0 Å². The van der Waals surface area contributed by atoms with Gasteiger partial charge in [-0.15, -0.1) is 0 Å². The molecule has 0 spiro atoms. The molecule has 113 valence electrons. The quantitative estimate of drug-likeness (QED) is 0.523. The van der Waals surface area contributed by atoms with Crippen molar-refractivity contribution in [1.82, 2.24) is 0 Å². The predicted octanol–water partition coefficient (Wildman–Crippen LogP) is 6.43. The number of hydrogen-bond acceptors (Lipinski definition) is 0. The molecule has 0 N–H and O–H groups in total. The van der Waals surface area contributed by atoms with Crippen LogP contribution in [0.4, 0.5) is 0 Å². The molecule has 0 saturated heterocycles. The second kappa shape index (κ2) is 5.70. The molecule has 0 heterocycles. The Labute approximate surface area is 138 Å². The first-order chi connectivity index (χ1) is 11.3. The van der Waals surface area contributed by atoms with E-state index in [0.29, 0.717) is 0 Å². The Hall–Kier alpha value is -2.34. The Morgan fingerprint density at radius 3 is 2.48 bits per heavy atom. The van der Waals surface area contributed by atoms with Gasteiger partial charge in [0.1, 0.15) is 0 Å². The van der Waals surface area contributed by atoms with E-state index in [9.17, 15) is 0 Å². The summed E-state index contributed by atoms with van der Waals surface area (Å²) in [6, 6.07) is 22.0. The van der Waals surface area contributed by atoms with Gasteiger partial charge < -0.3 is 0 Å². The van der Waals surface area contributed by atoms with Gasteiger partial charge in [-0.3, -0.25) is 0 Å². The zero-order valence-electron chi connectivity index (χ0n) is 13.8. The lowest BCUT2D eigenvalue weighted by atomic mass is 9.92. The fraction of sp³-hybridized carbons (Fsp3) is 0.174. The van der Waals surface area contributed by atoms with Gasteiger partial charge in [0.25, 0.3) is 0 Å². The first kappa shape index (κ1) is 14.3. The maximum Gasteiger partial charge on any atom is 0.0214 e. The predicted molar refractivity (Wildman–Crippen MR) is 100 cm³/mol. The first-order valence-electron chi connectivity index (χ1n) is 8.45. The van der Waals surface area contributed by atoms with Crippen LogP contribution in [0.5, 0.6) is 0 Å². The molecule has 0 fully saturated rings. The van der Waals surface area contributed by atoms with Crippen molar-refractivity contribution in [3.8, 4) is 0 Å². The third kappa shape index (κ3) is 2.30. The number of hydrogen-bond donors (Lipinski definition) is 0. The van der Waals surface area contributed by atoms with Crippen molar-refractivity contribution < 1.29 is 0 Å². The smallest absolute Gasteiger partial charge is 0.0214 e. The van der Waals surface area contributed by atoms with Crippen molar-refractivity contribution in [2.24, 2.45) is 0 Å². The fourth-order valence-corrected chi connectivity index (χ4v) is 3.81. The molecule has 0 amide bonds. The average Bonchev–Trinajstić information content (AvgIpc) is 2.94. The van der Waals surface area contributed by atoms with Crippen molar-refractivity contribution in [2.45, 2.75) is 26.7 Å². The minimum atomic E-state index is 1.13. The Kier molecular flexibility index (Phi) is 3.53. The molecule has 3 aromatic carbocycles. The largest absolute Gasteiger partial charge is 0.0651 e. The van der Waals surface area contributed by atoms with Gasteiger partial charge in [0, 0.05) is 6.42 Å². The number of allylic oxidation sites excluding steroid dienone is 2. The van der Waals surface area contributed by atoms with E-state index in [1.807, 2.05) is 0 Å². The van der Waals surface area contributed by atoms with E-state index >= 15 is 0 Å². The van der Waals surface area contributed by atoms with Crippen LogP contribution in [-0.2, 0) is 0 Å². The molecule has 0 atom stereocenters. The Bertz CT molecular complexity index is 907. The van der Waals surface area contributed by atoms with E-state index in [-0.39, 0.29) is 0 Å². The maximum absolute atomic E-state index is 2.38. The third-order valence-corrected chi connectivity index (χ3v) is 4.81. The monoisotopic (exact) mass is 297 g/mol. The van der Waals surface area contributed by atoms with Crippen LogP contribution in [0.1, 0.15) is 42.0 Å². The molecular weight excluding hydrogens is 276 g/mol. The van der Waals surface area contributed by atoms with Gasteiger partial charge >= 0.3 is 0 Å². The number of benzene rings is 3. The van der Waals surface area contributed by atoms with Crippen LogP contribution >= 0.6 is 0 Å². The van der Waals surface area contributed by atoms with E-state index < -0.39 is 0 Å². The average molecular weight is 297 g/mol. The topological polar surface area (TPSA) is 0 Å². The summed E-state index contributed by atoms with van der Waals surface area (Å²) in [5.41, 5.74) is 8.50. The number of rotatable bonds is 3. The molecular formula is C23H21. The molecule has 23 heavy (non-hydrogen) atoms. The highest BCUT2D eigenvalue weighted by atomic mass is 14.3. The highest BCUT2D eigenvalue weighted by Gasteiger charge is 2.24. The van der Waals surface area contributed by atoms with Gasteiger partial charge in [-0.25, -0.2) is 0 Å². The van der Waals surface area contributed by atoms with Gasteiger partial charge in [-0.2, -0.15) is 0 Å². The van der Waals surface area contributed by atoms with Gasteiger partial charge in [-0.1, -0.05) is 74.0 Å². The summed E-state index contributed by atoms with van der Waals surface area (Å²) in [7, 11) is 0. The molecule has 0 aromatic heterocycles. The fourth-order valence-electron chi connectivity index (χ4n) is 3.81. The van der Waals surface area contributed by atoms with Crippen LogP contribution in [0.15, 0.2) is 60.7 Å². The molecule has 0 unspecified atom stereocenters. The molecule has 0 aliphatic heterocycles. The Morgan fingerprint density at radius 1 is 0.826 bits per heavy atom.